The van der Waals surface area contributed by atoms with Gasteiger partial charge in [-0.3, -0.25) is 9.11 Å². The maximum absolute atomic E-state index is 11.7. The maximum atomic E-state index is 11.7. The molecule has 1 heterocycles. The molecule has 0 unspecified atom stereocenters. The molecule has 2 aromatic carbocycles. The Morgan fingerprint density at radius 2 is 1.11 bits per heavy atom. The summed E-state index contributed by atoms with van der Waals surface area (Å²) in [5.74, 6) is -1.86. The molecule has 11 nitrogen and oxygen atoms in total. The SMILES string of the molecule is COc1ccc(-c2cc(C(=O)O)cc(-c3ccc(OC)c(S(=O)(=O)O)c3)[o+]2)cc1S(=O)(=O)O.F[B-](F)(F)F. The van der Waals surface area contributed by atoms with Crippen molar-refractivity contribution in [3.05, 3.63) is 54.1 Å². The summed E-state index contributed by atoms with van der Waals surface area (Å²) in [6, 6.07) is 9.53. The van der Waals surface area contributed by atoms with Crippen LogP contribution < -0.4 is 9.47 Å². The second-order valence-electron chi connectivity index (χ2n) is 7.06. The summed E-state index contributed by atoms with van der Waals surface area (Å²) in [5.41, 5.74) is -0.104. The van der Waals surface area contributed by atoms with Gasteiger partial charge in [0.15, 0.2) is 0 Å². The highest BCUT2D eigenvalue weighted by Gasteiger charge is 2.27. The van der Waals surface area contributed by atoms with Gasteiger partial charge in [-0.1, -0.05) is 0 Å². The lowest BCUT2D eigenvalue weighted by Crippen LogP contribution is -2.03. The monoisotopic (exact) mass is 584 g/mol. The van der Waals surface area contributed by atoms with Crippen LogP contribution in [0.15, 0.2) is 62.7 Å². The van der Waals surface area contributed by atoms with Crippen molar-refractivity contribution in [2.24, 2.45) is 0 Å². The zero-order chi connectivity index (χ0) is 29.1. The fraction of sp³-hybridized carbons (Fsp3) is 0.100. The van der Waals surface area contributed by atoms with Gasteiger partial charge in [0.2, 0.25) is 0 Å². The number of aromatic carboxylic acids is 1. The molecule has 0 aliphatic carbocycles. The third-order valence-corrected chi connectivity index (χ3v) is 6.24. The topological polar surface area (TPSA) is 176 Å². The van der Waals surface area contributed by atoms with Crippen LogP contribution in [0.4, 0.5) is 17.3 Å². The lowest BCUT2D eigenvalue weighted by Gasteiger charge is -2.07. The number of methoxy groups -OCH3 is 2. The highest BCUT2D eigenvalue weighted by molar-refractivity contribution is 7.86. The van der Waals surface area contributed by atoms with Crippen LogP contribution in [-0.4, -0.2) is 58.5 Å². The molecule has 0 spiro atoms. The number of rotatable bonds is 7. The van der Waals surface area contributed by atoms with Crippen molar-refractivity contribution in [3.8, 4) is 34.1 Å². The Morgan fingerprint density at radius 1 is 0.763 bits per heavy atom. The van der Waals surface area contributed by atoms with E-state index in [0.717, 1.165) is 24.3 Å². The minimum Gasteiger partial charge on any atom is -0.495 e. The summed E-state index contributed by atoms with van der Waals surface area (Å²) in [7, 11) is -13.0. The Labute approximate surface area is 212 Å². The van der Waals surface area contributed by atoms with E-state index in [9.17, 15) is 53.1 Å². The molecule has 1 aromatic heterocycles. The van der Waals surface area contributed by atoms with Crippen LogP contribution >= 0.6 is 0 Å². The lowest BCUT2D eigenvalue weighted by atomic mass is 10.1. The number of carbonyl (C=O) groups is 1. The number of hydrogen-bond acceptors (Lipinski definition) is 7. The zero-order valence-electron chi connectivity index (χ0n) is 19.1. The third-order valence-electron chi connectivity index (χ3n) is 4.49. The van der Waals surface area contributed by atoms with Gasteiger partial charge in [-0.2, -0.15) is 16.8 Å². The summed E-state index contributed by atoms with van der Waals surface area (Å²) in [6.45, 7) is 0. The number of carboxylic acids is 1. The van der Waals surface area contributed by atoms with Crippen molar-refractivity contribution in [2.75, 3.05) is 14.2 Å². The highest BCUT2D eigenvalue weighted by Crippen LogP contribution is 2.35. The molecular formula is C20H17BF4O11S2. The van der Waals surface area contributed by atoms with Crippen LogP contribution in [0.5, 0.6) is 11.5 Å². The molecule has 0 saturated carbocycles. The van der Waals surface area contributed by atoms with Crippen molar-refractivity contribution >= 4 is 33.5 Å². The van der Waals surface area contributed by atoms with Gasteiger partial charge in [0.05, 0.1) is 43.0 Å². The Kier molecular flexibility index (Phi) is 9.10. The predicted molar refractivity (Wildman–Crippen MR) is 124 cm³/mol. The standard InChI is InChI=1S/C20H16O11S2.BF4/c1-29-14-5-3-11(9-18(14)32(23,24)25)16-7-13(20(21)22)8-17(31-16)12-4-6-15(30-2)19(10-12)33(26,27)28;2-1(3,4)5/h3-10H,1-2H3,(H2-,21,22,23,24,25,26,27,28);/q;-1/p+1. The second-order valence-corrected chi connectivity index (χ2v) is 9.84. The third kappa shape index (κ3) is 8.14. The molecule has 0 radical (unpaired) electrons. The maximum Gasteiger partial charge on any atom is 0.673 e. The van der Waals surface area contributed by atoms with Gasteiger partial charge in [-0.05, 0) is 36.4 Å². The van der Waals surface area contributed by atoms with Gasteiger partial charge in [0.25, 0.3) is 20.2 Å². The summed E-state index contributed by atoms with van der Waals surface area (Å²) in [4.78, 5) is 10.5. The molecule has 0 aliphatic heterocycles. The Bertz CT molecular complexity index is 1470. The van der Waals surface area contributed by atoms with Gasteiger partial charge < -0.3 is 31.8 Å². The summed E-state index contributed by atoms with van der Waals surface area (Å²) < 4.78 is 120. The van der Waals surface area contributed by atoms with E-state index < -0.39 is 43.3 Å². The van der Waals surface area contributed by atoms with Gasteiger partial charge >= 0.3 is 24.7 Å². The number of hydrogen-bond donors (Lipinski definition) is 3. The minimum absolute atomic E-state index is 0.0799. The molecule has 0 atom stereocenters. The molecule has 0 bridgehead atoms. The van der Waals surface area contributed by atoms with Crippen LogP contribution in [0, 0.1) is 0 Å². The second kappa shape index (κ2) is 11.3. The van der Waals surface area contributed by atoms with E-state index in [-0.39, 0.29) is 39.7 Å². The molecule has 0 aliphatic rings. The van der Waals surface area contributed by atoms with Gasteiger partial charge in [0, 0.05) is 0 Å². The molecule has 3 rings (SSSR count). The molecule has 206 valence electrons. The van der Waals surface area contributed by atoms with Gasteiger partial charge in [-0.25, -0.2) is 9.21 Å². The summed E-state index contributed by atoms with van der Waals surface area (Å²) >= 11 is 0. The van der Waals surface area contributed by atoms with Crippen molar-refractivity contribution in [2.45, 2.75) is 9.79 Å². The molecule has 18 heteroatoms. The molecule has 3 N–H and O–H groups in total. The predicted octanol–water partition coefficient (Wildman–Crippen LogP) is 4.40. The molecule has 0 amide bonds. The number of carboxylic acid groups (broad SMARTS) is 1. The normalized spacial score (nSPS) is 11.8. The average Bonchev–Trinajstić information content (AvgIpc) is 2.80. The van der Waals surface area contributed by atoms with Crippen LogP contribution in [0.2, 0.25) is 0 Å². The van der Waals surface area contributed by atoms with Gasteiger partial charge in [-0.15, -0.1) is 0 Å². The van der Waals surface area contributed by atoms with Crippen molar-refractivity contribution in [1.29, 1.82) is 0 Å². The smallest absolute Gasteiger partial charge is 0.495 e. The highest BCUT2D eigenvalue weighted by atomic mass is 32.2. The zero-order valence-corrected chi connectivity index (χ0v) is 20.8. The first-order valence-electron chi connectivity index (χ1n) is 9.75. The van der Waals surface area contributed by atoms with Crippen molar-refractivity contribution in [3.63, 3.8) is 0 Å². The largest absolute Gasteiger partial charge is 0.673 e. The van der Waals surface area contributed by atoms with E-state index in [1.54, 1.807) is 0 Å². The molecule has 0 fully saturated rings. The van der Waals surface area contributed by atoms with E-state index in [1.165, 1.54) is 38.5 Å². The Balaban J connectivity index is 0.000000926. The van der Waals surface area contributed by atoms with Crippen LogP contribution in [0.25, 0.3) is 22.6 Å². The van der Waals surface area contributed by atoms with Gasteiger partial charge in [0.1, 0.15) is 21.3 Å². The van der Waals surface area contributed by atoms with Crippen molar-refractivity contribution < 1.29 is 67.0 Å². The van der Waals surface area contributed by atoms with Crippen LogP contribution in [-0.2, 0) is 20.2 Å². The van der Waals surface area contributed by atoms with E-state index in [0.29, 0.717) is 0 Å². The first kappa shape index (κ1) is 30.5. The number of benzene rings is 2. The molecular weight excluding hydrogens is 567 g/mol. The Morgan fingerprint density at radius 3 is 1.37 bits per heavy atom. The molecule has 38 heavy (non-hydrogen) atoms. The van der Waals surface area contributed by atoms with E-state index >= 15 is 0 Å². The van der Waals surface area contributed by atoms with E-state index in [4.69, 9.17) is 13.9 Å². The Hall–Kier alpha value is -3.74. The van der Waals surface area contributed by atoms with Crippen LogP contribution in [0.1, 0.15) is 10.4 Å². The summed E-state index contributed by atoms with van der Waals surface area (Å²) in [6.07, 6.45) is 0. The first-order chi connectivity index (χ1) is 17.3. The average molecular weight is 584 g/mol. The fourth-order valence-electron chi connectivity index (χ4n) is 2.97. The number of halogens is 4. The number of ether oxygens (including phenoxy) is 2. The van der Waals surface area contributed by atoms with Crippen LogP contribution in [0.3, 0.4) is 0 Å². The molecule has 0 saturated heterocycles. The first-order valence-corrected chi connectivity index (χ1v) is 12.6. The van der Waals surface area contributed by atoms with E-state index in [1.807, 2.05) is 0 Å². The minimum atomic E-state index is -6.00. The summed E-state index contributed by atoms with van der Waals surface area (Å²) in [5, 5.41) is 9.51. The molecule has 3 aromatic rings. The van der Waals surface area contributed by atoms with Crippen molar-refractivity contribution in [1.82, 2.24) is 0 Å². The quantitative estimate of drug-likeness (QED) is 0.155. The lowest BCUT2D eigenvalue weighted by molar-refractivity contribution is 0.0696. The fourth-order valence-corrected chi connectivity index (χ4v) is 4.34. The van der Waals surface area contributed by atoms with E-state index in [2.05, 4.69) is 0 Å².